The molecule has 0 radical (unpaired) electrons. The third kappa shape index (κ3) is 3.44. The molecule has 0 spiro atoms. The van der Waals surface area contributed by atoms with Gasteiger partial charge in [-0.25, -0.2) is 0 Å². The molecule has 0 aromatic heterocycles. The SMILES string of the molecule is CC(=O)CN1CCCC(N(C)C)C1. The fourth-order valence-electron chi connectivity index (χ4n) is 1.91. The Kier molecular flexibility index (Phi) is 3.88. The number of piperidine rings is 1. The van der Waals surface area contributed by atoms with Crippen molar-refractivity contribution in [3.63, 3.8) is 0 Å². The van der Waals surface area contributed by atoms with Crippen LogP contribution in [0.3, 0.4) is 0 Å². The van der Waals surface area contributed by atoms with Crippen molar-refractivity contribution in [1.82, 2.24) is 9.80 Å². The van der Waals surface area contributed by atoms with E-state index in [0.717, 1.165) is 13.1 Å². The average Bonchev–Trinajstić information content (AvgIpc) is 2.03. The van der Waals surface area contributed by atoms with Crippen molar-refractivity contribution >= 4 is 5.78 Å². The molecule has 1 aliphatic rings. The van der Waals surface area contributed by atoms with Crippen LogP contribution in [0.4, 0.5) is 0 Å². The molecule has 1 rings (SSSR count). The summed E-state index contributed by atoms with van der Waals surface area (Å²) in [6, 6.07) is 0.632. The van der Waals surface area contributed by atoms with Crippen molar-refractivity contribution in [2.45, 2.75) is 25.8 Å². The fourth-order valence-corrected chi connectivity index (χ4v) is 1.91. The van der Waals surface area contributed by atoms with Crippen LogP contribution in [0.15, 0.2) is 0 Å². The van der Waals surface area contributed by atoms with Gasteiger partial charge in [-0.1, -0.05) is 0 Å². The van der Waals surface area contributed by atoms with E-state index in [2.05, 4.69) is 23.9 Å². The maximum atomic E-state index is 10.9. The Balaban J connectivity index is 2.37. The van der Waals surface area contributed by atoms with E-state index in [-0.39, 0.29) is 5.78 Å². The summed E-state index contributed by atoms with van der Waals surface area (Å²) in [5.74, 6) is 0.277. The third-order valence-corrected chi connectivity index (χ3v) is 2.66. The van der Waals surface area contributed by atoms with Crippen molar-refractivity contribution in [2.24, 2.45) is 0 Å². The second kappa shape index (κ2) is 4.72. The summed E-state index contributed by atoms with van der Waals surface area (Å²) in [6.45, 7) is 4.43. The molecule has 1 heterocycles. The number of likely N-dealkylation sites (N-methyl/N-ethyl adjacent to an activating group) is 1. The zero-order valence-corrected chi connectivity index (χ0v) is 8.92. The quantitative estimate of drug-likeness (QED) is 0.642. The van der Waals surface area contributed by atoms with Gasteiger partial charge in [0.2, 0.25) is 0 Å². The average molecular weight is 184 g/mol. The molecule has 0 amide bonds. The van der Waals surface area contributed by atoms with Gasteiger partial charge in [0.05, 0.1) is 6.54 Å². The van der Waals surface area contributed by atoms with Crippen LogP contribution >= 0.6 is 0 Å². The highest BCUT2D eigenvalue weighted by molar-refractivity contribution is 5.77. The summed E-state index contributed by atoms with van der Waals surface area (Å²) < 4.78 is 0. The van der Waals surface area contributed by atoms with Crippen molar-refractivity contribution in [3.8, 4) is 0 Å². The molecule has 13 heavy (non-hydrogen) atoms. The van der Waals surface area contributed by atoms with Crippen molar-refractivity contribution in [1.29, 1.82) is 0 Å². The highest BCUT2D eigenvalue weighted by atomic mass is 16.1. The first-order chi connectivity index (χ1) is 6.09. The summed E-state index contributed by atoms with van der Waals surface area (Å²) in [4.78, 5) is 15.4. The monoisotopic (exact) mass is 184 g/mol. The second-order valence-electron chi connectivity index (χ2n) is 4.20. The lowest BCUT2D eigenvalue weighted by Gasteiger charge is -2.35. The van der Waals surface area contributed by atoms with Gasteiger partial charge in [-0.15, -0.1) is 0 Å². The molecule has 0 aromatic rings. The minimum absolute atomic E-state index is 0.277. The zero-order chi connectivity index (χ0) is 9.84. The predicted octanol–water partition coefficient (Wildman–Crippen LogP) is 0.601. The van der Waals surface area contributed by atoms with Crippen LogP contribution in [0.5, 0.6) is 0 Å². The molecule has 76 valence electrons. The Morgan fingerprint density at radius 2 is 2.23 bits per heavy atom. The maximum absolute atomic E-state index is 10.9. The lowest BCUT2D eigenvalue weighted by Crippen LogP contribution is -2.46. The van der Waals surface area contributed by atoms with Crippen LogP contribution in [0.1, 0.15) is 19.8 Å². The van der Waals surface area contributed by atoms with Gasteiger partial charge in [0, 0.05) is 12.6 Å². The normalized spacial score (nSPS) is 25.1. The summed E-state index contributed by atoms with van der Waals surface area (Å²) in [6.07, 6.45) is 2.48. The van der Waals surface area contributed by atoms with Gasteiger partial charge in [0.15, 0.2) is 0 Å². The van der Waals surface area contributed by atoms with E-state index in [9.17, 15) is 4.79 Å². The number of ketones is 1. The van der Waals surface area contributed by atoms with Crippen LogP contribution < -0.4 is 0 Å². The molecular weight excluding hydrogens is 164 g/mol. The number of carbonyl (C=O) groups is 1. The largest absolute Gasteiger partial charge is 0.305 e. The zero-order valence-electron chi connectivity index (χ0n) is 8.92. The van der Waals surface area contributed by atoms with Gasteiger partial charge in [0.25, 0.3) is 0 Å². The summed E-state index contributed by atoms with van der Waals surface area (Å²) >= 11 is 0. The van der Waals surface area contributed by atoms with Crippen LogP contribution in [-0.4, -0.2) is 55.4 Å². The Hall–Kier alpha value is -0.410. The van der Waals surface area contributed by atoms with E-state index in [1.165, 1.54) is 12.8 Å². The van der Waals surface area contributed by atoms with Gasteiger partial charge < -0.3 is 4.90 Å². The van der Waals surface area contributed by atoms with E-state index in [1.54, 1.807) is 6.92 Å². The molecule has 0 aliphatic carbocycles. The minimum atomic E-state index is 0.277. The molecule has 1 saturated heterocycles. The van der Waals surface area contributed by atoms with Crippen LogP contribution in [0, 0.1) is 0 Å². The van der Waals surface area contributed by atoms with E-state index < -0.39 is 0 Å². The molecule has 0 bridgehead atoms. The second-order valence-corrected chi connectivity index (χ2v) is 4.20. The van der Waals surface area contributed by atoms with E-state index >= 15 is 0 Å². The van der Waals surface area contributed by atoms with Crippen LogP contribution in [0.25, 0.3) is 0 Å². The Morgan fingerprint density at radius 1 is 1.54 bits per heavy atom. The molecule has 0 aromatic carbocycles. The molecule has 1 atom stereocenters. The Morgan fingerprint density at radius 3 is 2.77 bits per heavy atom. The first-order valence-corrected chi connectivity index (χ1v) is 4.98. The van der Waals surface area contributed by atoms with E-state index in [0.29, 0.717) is 12.6 Å². The number of likely N-dealkylation sites (tertiary alicyclic amines) is 1. The molecule has 0 N–H and O–H groups in total. The molecule has 1 fully saturated rings. The predicted molar refractivity (Wildman–Crippen MR) is 53.8 cm³/mol. The van der Waals surface area contributed by atoms with Gasteiger partial charge in [-0.3, -0.25) is 9.69 Å². The number of rotatable bonds is 3. The molecule has 1 unspecified atom stereocenters. The Labute approximate surface area is 80.7 Å². The van der Waals surface area contributed by atoms with Gasteiger partial charge >= 0.3 is 0 Å². The first kappa shape index (κ1) is 10.7. The summed E-state index contributed by atoms with van der Waals surface area (Å²) in [5, 5.41) is 0. The van der Waals surface area contributed by atoms with Gasteiger partial charge in [-0.05, 0) is 40.4 Å². The van der Waals surface area contributed by atoms with Crippen molar-refractivity contribution in [2.75, 3.05) is 33.7 Å². The molecule has 3 nitrogen and oxygen atoms in total. The number of Topliss-reactive ketones (excluding diaryl/α,β-unsaturated/α-hetero) is 1. The first-order valence-electron chi connectivity index (χ1n) is 4.98. The van der Waals surface area contributed by atoms with Crippen molar-refractivity contribution < 1.29 is 4.79 Å². The minimum Gasteiger partial charge on any atom is -0.305 e. The summed E-state index contributed by atoms with van der Waals surface area (Å²) in [5.41, 5.74) is 0. The topological polar surface area (TPSA) is 23.6 Å². The standard InChI is InChI=1S/C10H20N2O/c1-9(13)7-12-6-4-5-10(8-12)11(2)3/h10H,4-8H2,1-3H3. The van der Waals surface area contributed by atoms with Crippen molar-refractivity contribution in [3.05, 3.63) is 0 Å². The lowest BCUT2D eigenvalue weighted by molar-refractivity contribution is -0.118. The number of hydrogen-bond acceptors (Lipinski definition) is 3. The Bertz CT molecular complexity index is 180. The molecular formula is C10H20N2O. The molecule has 3 heteroatoms. The van der Waals surface area contributed by atoms with Crippen LogP contribution in [-0.2, 0) is 4.79 Å². The number of hydrogen-bond donors (Lipinski definition) is 0. The van der Waals surface area contributed by atoms with Gasteiger partial charge in [0.1, 0.15) is 5.78 Å². The summed E-state index contributed by atoms with van der Waals surface area (Å²) in [7, 11) is 4.23. The van der Waals surface area contributed by atoms with Crippen LogP contribution in [0.2, 0.25) is 0 Å². The maximum Gasteiger partial charge on any atom is 0.143 e. The van der Waals surface area contributed by atoms with Gasteiger partial charge in [-0.2, -0.15) is 0 Å². The number of carbonyl (C=O) groups excluding carboxylic acids is 1. The third-order valence-electron chi connectivity index (χ3n) is 2.66. The highest BCUT2D eigenvalue weighted by Gasteiger charge is 2.21. The fraction of sp³-hybridized carbons (Fsp3) is 0.900. The smallest absolute Gasteiger partial charge is 0.143 e. The van der Waals surface area contributed by atoms with E-state index in [4.69, 9.17) is 0 Å². The number of nitrogens with zero attached hydrogens (tertiary/aromatic N) is 2. The highest BCUT2D eigenvalue weighted by Crippen LogP contribution is 2.12. The molecule has 0 saturated carbocycles. The lowest BCUT2D eigenvalue weighted by atomic mass is 10.0. The molecule has 1 aliphatic heterocycles. The van der Waals surface area contributed by atoms with E-state index in [1.807, 2.05) is 0 Å².